The quantitative estimate of drug-likeness (QED) is 0.606. The van der Waals surface area contributed by atoms with Gasteiger partial charge in [0, 0.05) is 24.3 Å². The summed E-state index contributed by atoms with van der Waals surface area (Å²) in [5, 5.41) is 8.88. The average Bonchev–Trinajstić information content (AvgIpc) is 3.49. The number of halogens is 1. The van der Waals surface area contributed by atoms with E-state index in [9.17, 15) is 17.6 Å². The first kappa shape index (κ1) is 21.7. The second kappa shape index (κ2) is 8.52. The number of hydrogen-bond acceptors (Lipinski definition) is 5. The lowest BCUT2D eigenvalue weighted by Crippen LogP contribution is -2.31. The molecule has 1 saturated heterocycles. The Bertz CT molecular complexity index is 1200. The van der Waals surface area contributed by atoms with E-state index in [0.29, 0.717) is 18.8 Å². The number of hydrogen-bond donors (Lipinski definition) is 1. The van der Waals surface area contributed by atoms with Crippen molar-refractivity contribution in [3.63, 3.8) is 0 Å². The van der Waals surface area contributed by atoms with Crippen LogP contribution in [0.4, 0.5) is 4.39 Å². The number of nitrogens with zero attached hydrogens (tertiary/aromatic N) is 3. The Morgan fingerprint density at radius 3 is 2.55 bits per heavy atom. The molecule has 1 aliphatic rings. The SMILES string of the molecule is Cc1c(C(C)NC(=O)c2sccc2S(=O)(=O)N2CCCC2)cnn1-c1ccc(F)cc1. The van der Waals surface area contributed by atoms with E-state index in [1.165, 1.54) is 22.5 Å². The topological polar surface area (TPSA) is 84.3 Å². The van der Waals surface area contributed by atoms with Gasteiger partial charge in [-0.15, -0.1) is 11.3 Å². The maximum Gasteiger partial charge on any atom is 0.263 e. The highest BCUT2D eigenvalue weighted by Crippen LogP contribution is 2.28. The number of carbonyl (C=O) groups is 1. The monoisotopic (exact) mass is 462 g/mol. The predicted octanol–water partition coefficient (Wildman–Crippen LogP) is 3.66. The first-order valence-corrected chi connectivity index (χ1v) is 12.3. The van der Waals surface area contributed by atoms with Crippen molar-refractivity contribution in [2.75, 3.05) is 13.1 Å². The summed E-state index contributed by atoms with van der Waals surface area (Å²) < 4.78 is 42.2. The van der Waals surface area contributed by atoms with Crippen molar-refractivity contribution >= 4 is 27.3 Å². The van der Waals surface area contributed by atoms with Crippen molar-refractivity contribution in [1.82, 2.24) is 19.4 Å². The van der Waals surface area contributed by atoms with Gasteiger partial charge in [0.25, 0.3) is 5.91 Å². The van der Waals surface area contributed by atoms with Crippen molar-refractivity contribution < 1.29 is 17.6 Å². The second-order valence-electron chi connectivity index (χ2n) is 7.49. The van der Waals surface area contributed by atoms with E-state index in [1.807, 2.05) is 13.8 Å². The molecule has 10 heteroatoms. The predicted molar refractivity (Wildman–Crippen MR) is 116 cm³/mol. The standard InChI is InChI=1S/C21H23FN4O3S2/c1-14(18-13-23-26(15(18)2)17-7-5-16(22)6-8-17)24-21(27)20-19(9-12-30-20)31(28,29)25-10-3-4-11-25/h5-9,12-14H,3-4,10-11H2,1-2H3,(H,24,27). The smallest absolute Gasteiger partial charge is 0.263 e. The molecule has 1 amide bonds. The number of sulfonamides is 1. The number of nitrogens with one attached hydrogen (secondary N) is 1. The number of carbonyl (C=O) groups excluding carboxylic acids is 1. The Balaban J connectivity index is 1.54. The van der Waals surface area contributed by atoms with Crippen LogP contribution in [-0.4, -0.2) is 41.5 Å². The van der Waals surface area contributed by atoms with Crippen LogP contribution in [0.5, 0.6) is 0 Å². The first-order chi connectivity index (χ1) is 14.8. The first-order valence-electron chi connectivity index (χ1n) is 9.98. The van der Waals surface area contributed by atoms with Gasteiger partial charge in [-0.3, -0.25) is 4.79 Å². The molecule has 1 aromatic carbocycles. The van der Waals surface area contributed by atoms with Crippen LogP contribution >= 0.6 is 11.3 Å². The molecule has 3 heterocycles. The minimum absolute atomic E-state index is 0.0582. The number of rotatable bonds is 6. The Morgan fingerprint density at radius 1 is 1.19 bits per heavy atom. The van der Waals surface area contributed by atoms with Gasteiger partial charge in [0.15, 0.2) is 0 Å². The molecule has 0 spiro atoms. The Kier molecular flexibility index (Phi) is 5.96. The number of amides is 1. The normalized spacial score (nSPS) is 15.8. The van der Waals surface area contributed by atoms with Crippen LogP contribution in [0.15, 0.2) is 46.8 Å². The zero-order valence-electron chi connectivity index (χ0n) is 17.2. The summed E-state index contributed by atoms with van der Waals surface area (Å²) in [5.74, 6) is -0.765. The van der Waals surface area contributed by atoms with E-state index < -0.39 is 22.0 Å². The Hall–Kier alpha value is -2.56. The van der Waals surface area contributed by atoms with Crippen molar-refractivity contribution in [3.05, 3.63) is 63.9 Å². The van der Waals surface area contributed by atoms with Gasteiger partial charge in [0.05, 0.1) is 17.9 Å². The maximum atomic E-state index is 13.2. The summed E-state index contributed by atoms with van der Waals surface area (Å²) in [4.78, 5) is 13.2. The largest absolute Gasteiger partial charge is 0.345 e. The lowest BCUT2D eigenvalue weighted by Gasteiger charge is -2.17. The molecule has 7 nitrogen and oxygen atoms in total. The zero-order chi connectivity index (χ0) is 22.2. The van der Waals surface area contributed by atoms with Crippen LogP contribution in [0, 0.1) is 12.7 Å². The summed E-state index contributed by atoms with van der Waals surface area (Å²) in [7, 11) is -3.68. The van der Waals surface area contributed by atoms with E-state index >= 15 is 0 Å². The fraction of sp³-hybridized carbons (Fsp3) is 0.333. The second-order valence-corrected chi connectivity index (χ2v) is 10.3. The van der Waals surface area contributed by atoms with E-state index in [-0.39, 0.29) is 15.6 Å². The van der Waals surface area contributed by atoms with Crippen LogP contribution in [-0.2, 0) is 10.0 Å². The van der Waals surface area contributed by atoms with Crippen LogP contribution in [0.1, 0.15) is 46.7 Å². The average molecular weight is 463 g/mol. The molecule has 164 valence electrons. The van der Waals surface area contributed by atoms with Gasteiger partial charge < -0.3 is 5.32 Å². The van der Waals surface area contributed by atoms with E-state index in [4.69, 9.17) is 0 Å². The highest BCUT2D eigenvalue weighted by atomic mass is 32.2. The Morgan fingerprint density at radius 2 is 1.87 bits per heavy atom. The van der Waals surface area contributed by atoms with Crippen LogP contribution in [0.25, 0.3) is 5.69 Å². The van der Waals surface area contributed by atoms with Gasteiger partial charge in [0.2, 0.25) is 10.0 Å². The van der Waals surface area contributed by atoms with Gasteiger partial charge >= 0.3 is 0 Å². The molecule has 1 N–H and O–H groups in total. The van der Waals surface area contributed by atoms with Crippen molar-refractivity contribution in [2.45, 2.75) is 37.6 Å². The third kappa shape index (κ3) is 4.15. The lowest BCUT2D eigenvalue weighted by molar-refractivity contribution is 0.0941. The molecule has 3 aromatic rings. The lowest BCUT2D eigenvalue weighted by atomic mass is 10.1. The third-order valence-corrected chi connectivity index (χ3v) is 8.43. The third-order valence-electron chi connectivity index (χ3n) is 5.45. The van der Waals surface area contributed by atoms with Gasteiger partial charge in [-0.2, -0.15) is 9.40 Å². The number of aromatic nitrogens is 2. The molecule has 1 atom stereocenters. The minimum atomic E-state index is -3.68. The molecule has 1 aliphatic heterocycles. The molecule has 2 aromatic heterocycles. The fourth-order valence-corrected chi connectivity index (χ4v) is 6.58. The Labute approximate surface area is 184 Å². The van der Waals surface area contributed by atoms with E-state index in [2.05, 4.69) is 10.4 Å². The fourth-order valence-electron chi connectivity index (χ4n) is 3.76. The highest BCUT2D eigenvalue weighted by Gasteiger charge is 2.32. The summed E-state index contributed by atoms with van der Waals surface area (Å²) in [6.07, 6.45) is 3.32. The summed E-state index contributed by atoms with van der Waals surface area (Å²) >= 11 is 1.11. The number of thiophene rings is 1. The molecule has 0 radical (unpaired) electrons. The molecule has 0 aliphatic carbocycles. The van der Waals surface area contributed by atoms with Crippen molar-refractivity contribution in [1.29, 1.82) is 0 Å². The van der Waals surface area contributed by atoms with Crippen molar-refractivity contribution in [3.8, 4) is 5.69 Å². The summed E-state index contributed by atoms with van der Waals surface area (Å²) in [6.45, 7) is 4.65. The maximum absolute atomic E-state index is 13.2. The summed E-state index contributed by atoms with van der Waals surface area (Å²) in [5.41, 5.74) is 2.30. The molecule has 1 fully saturated rings. The van der Waals surface area contributed by atoms with E-state index in [0.717, 1.165) is 35.4 Å². The van der Waals surface area contributed by atoms with Crippen molar-refractivity contribution in [2.24, 2.45) is 0 Å². The molecule has 0 bridgehead atoms. The number of benzene rings is 1. The van der Waals surface area contributed by atoms with Gasteiger partial charge in [-0.25, -0.2) is 17.5 Å². The van der Waals surface area contributed by atoms with Gasteiger partial charge in [-0.1, -0.05) is 0 Å². The molecule has 31 heavy (non-hydrogen) atoms. The van der Waals surface area contributed by atoms with Crippen LogP contribution in [0.3, 0.4) is 0 Å². The molecule has 1 unspecified atom stereocenters. The highest BCUT2D eigenvalue weighted by molar-refractivity contribution is 7.89. The molecular formula is C21H23FN4O3S2. The van der Waals surface area contributed by atoms with Crippen LogP contribution in [0.2, 0.25) is 0 Å². The zero-order valence-corrected chi connectivity index (χ0v) is 18.8. The van der Waals surface area contributed by atoms with Crippen LogP contribution < -0.4 is 5.32 Å². The van der Waals surface area contributed by atoms with E-state index in [1.54, 1.807) is 28.4 Å². The molecule has 0 saturated carbocycles. The molecule has 4 rings (SSSR count). The minimum Gasteiger partial charge on any atom is -0.345 e. The molecular weight excluding hydrogens is 439 g/mol. The van der Waals surface area contributed by atoms with Gasteiger partial charge in [0.1, 0.15) is 15.6 Å². The van der Waals surface area contributed by atoms with Gasteiger partial charge in [-0.05, 0) is 62.4 Å². The summed E-state index contributed by atoms with van der Waals surface area (Å²) in [6, 6.07) is 7.08.